The summed E-state index contributed by atoms with van der Waals surface area (Å²) < 4.78 is 0. The maximum atomic E-state index is 3.90. The van der Waals surface area contributed by atoms with Gasteiger partial charge in [-0.15, -0.1) is 0 Å². The van der Waals surface area contributed by atoms with Crippen molar-refractivity contribution >= 4 is 5.57 Å². The Balaban J connectivity index is 3.21. The van der Waals surface area contributed by atoms with E-state index in [0.717, 1.165) is 12.0 Å². The normalized spacial score (nSPS) is 12.2. The quantitative estimate of drug-likeness (QED) is 0.618. The van der Waals surface area contributed by atoms with Gasteiger partial charge in [-0.05, 0) is 61.9 Å². The first-order chi connectivity index (χ1) is 8.49. The molecule has 0 radical (unpaired) electrons. The second-order valence-electron chi connectivity index (χ2n) is 4.87. The standard InChI is InChI=1S/C18H24/c1-7-16(10-9-13(3)4)17-11-14(5)18(8-2)15(6)12-17/h7,9-12H,3,8H2,1-2,4-6H3. The van der Waals surface area contributed by atoms with Gasteiger partial charge >= 0.3 is 0 Å². The SMILES string of the molecule is C=C(C)C=CC(=CC)c1cc(C)c(CC)c(C)c1. The van der Waals surface area contributed by atoms with E-state index in [1.54, 1.807) is 0 Å². The van der Waals surface area contributed by atoms with Gasteiger partial charge in [0.05, 0.1) is 0 Å². The van der Waals surface area contributed by atoms with Crippen molar-refractivity contribution in [3.05, 3.63) is 64.8 Å². The molecule has 0 atom stereocenters. The summed E-state index contributed by atoms with van der Waals surface area (Å²) >= 11 is 0. The lowest BCUT2D eigenvalue weighted by Crippen LogP contribution is -1.94. The van der Waals surface area contributed by atoms with Crippen molar-refractivity contribution in [1.29, 1.82) is 0 Å². The van der Waals surface area contributed by atoms with Crippen molar-refractivity contribution in [2.24, 2.45) is 0 Å². The van der Waals surface area contributed by atoms with Crippen LogP contribution in [0.4, 0.5) is 0 Å². The summed E-state index contributed by atoms with van der Waals surface area (Å²) in [6.07, 6.45) is 7.46. The number of hydrogen-bond acceptors (Lipinski definition) is 0. The second kappa shape index (κ2) is 6.39. The van der Waals surface area contributed by atoms with Gasteiger partial charge in [0.1, 0.15) is 0 Å². The minimum absolute atomic E-state index is 1.08. The summed E-state index contributed by atoms with van der Waals surface area (Å²) in [5.41, 5.74) is 7.87. The molecule has 0 N–H and O–H groups in total. The molecule has 18 heavy (non-hydrogen) atoms. The molecule has 0 saturated heterocycles. The topological polar surface area (TPSA) is 0 Å². The highest BCUT2D eigenvalue weighted by Crippen LogP contribution is 2.23. The van der Waals surface area contributed by atoms with Crippen molar-refractivity contribution in [2.75, 3.05) is 0 Å². The van der Waals surface area contributed by atoms with Crippen molar-refractivity contribution in [2.45, 2.75) is 41.0 Å². The molecule has 0 aliphatic rings. The predicted octanol–water partition coefficient (Wildman–Crippen LogP) is 5.40. The van der Waals surface area contributed by atoms with Gasteiger partial charge in [0, 0.05) is 0 Å². The largest absolute Gasteiger partial charge is 0.0961 e. The molecule has 1 aromatic rings. The first-order valence-electron chi connectivity index (χ1n) is 6.60. The van der Waals surface area contributed by atoms with E-state index < -0.39 is 0 Å². The van der Waals surface area contributed by atoms with Crippen LogP contribution in [0.25, 0.3) is 5.57 Å². The summed E-state index contributed by atoms with van der Waals surface area (Å²) in [5.74, 6) is 0. The van der Waals surface area contributed by atoms with E-state index in [-0.39, 0.29) is 0 Å². The second-order valence-corrected chi connectivity index (χ2v) is 4.87. The van der Waals surface area contributed by atoms with Crippen molar-refractivity contribution in [3.63, 3.8) is 0 Å². The van der Waals surface area contributed by atoms with Gasteiger partial charge in [0.25, 0.3) is 0 Å². The fourth-order valence-corrected chi connectivity index (χ4v) is 2.31. The zero-order chi connectivity index (χ0) is 13.7. The minimum atomic E-state index is 1.08. The van der Waals surface area contributed by atoms with Crippen LogP contribution in [0.3, 0.4) is 0 Å². The van der Waals surface area contributed by atoms with Crippen LogP contribution in [0.1, 0.15) is 43.0 Å². The molecule has 0 heterocycles. The summed E-state index contributed by atoms with van der Waals surface area (Å²) in [7, 11) is 0. The minimum Gasteiger partial charge on any atom is -0.0961 e. The monoisotopic (exact) mass is 240 g/mol. The van der Waals surface area contributed by atoms with Crippen LogP contribution in [0.5, 0.6) is 0 Å². The molecule has 0 heteroatoms. The van der Waals surface area contributed by atoms with Crippen LogP contribution in [-0.4, -0.2) is 0 Å². The predicted molar refractivity (Wildman–Crippen MR) is 82.9 cm³/mol. The fourth-order valence-electron chi connectivity index (χ4n) is 2.31. The van der Waals surface area contributed by atoms with Gasteiger partial charge in [-0.25, -0.2) is 0 Å². The average molecular weight is 240 g/mol. The first kappa shape index (κ1) is 14.5. The Morgan fingerprint density at radius 3 is 2.11 bits per heavy atom. The molecular weight excluding hydrogens is 216 g/mol. The highest BCUT2D eigenvalue weighted by Gasteiger charge is 2.05. The third-order valence-corrected chi connectivity index (χ3v) is 3.24. The molecule has 1 rings (SSSR count). The van der Waals surface area contributed by atoms with Crippen LogP contribution in [0.15, 0.2) is 42.5 Å². The highest BCUT2D eigenvalue weighted by atomic mass is 14.1. The molecule has 0 nitrogen and oxygen atoms in total. The molecule has 0 saturated carbocycles. The lowest BCUT2D eigenvalue weighted by molar-refractivity contribution is 1.08. The Kier molecular flexibility index (Phi) is 5.15. The molecule has 0 aliphatic carbocycles. The number of aryl methyl sites for hydroxylation is 2. The summed E-state index contributed by atoms with van der Waals surface area (Å²) in [5, 5.41) is 0. The van der Waals surface area contributed by atoms with Crippen molar-refractivity contribution in [3.8, 4) is 0 Å². The van der Waals surface area contributed by atoms with Crippen LogP contribution in [-0.2, 0) is 6.42 Å². The summed E-state index contributed by atoms with van der Waals surface area (Å²) in [6.45, 7) is 14.6. The number of hydrogen-bond donors (Lipinski definition) is 0. The lowest BCUT2D eigenvalue weighted by Gasteiger charge is -2.12. The molecule has 0 bridgehead atoms. The molecule has 1 aromatic carbocycles. The van der Waals surface area contributed by atoms with Crippen molar-refractivity contribution in [1.82, 2.24) is 0 Å². The Labute approximate surface area is 112 Å². The van der Waals surface area contributed by atoms with Gasteiger partial charge in [-0.1, -0.05) is 49.4 Å². The average Bonchev–Trinajstić information content (AvgIpc) is 2.29. The van der Waals surface area contributed by atoms with E-state index in [1.165, 1.54) is 27.8 Å². The Morgan fingerprint density at radius 1 is 1.17 bits per heavy atom. The van der Waals surface area contributed by atoms with Crippen molar-refractivity contribution < 1.29 is 0 Å². The van der Waals surface area contributed by atoms with E-state index >= 15 is 0 Å². The van der Waals surface area contributed by atoms with Crippen LogP contribution in [0, 0.1) is 13.8 Å². The molecule has 0 amide bonds. The summed E-state index contributed by atoms with van der Waals surface area (Å²) in [4.78, 5) is 0. The molecule has 0 aliphatic heterocycles. The zero-order valence-corrected chi connectivity index (χ0v) is 12.3. The smallest absolute Gasteiger partial charge is 0.0182 e. The van der Waals surface area contributed by atoms with Gasteiger partial charge in [-0.2, -0.15) is 0 Å². The van der Waals surface area contributed by atoms with Crippen LogP contribution in [0.2, 0.25) is 0 Å². The number of rotatable bonds is 4. The third-order valence-electron chi connectivity index (χ3n) is 3.24. The Bertz CT molecular complexity index is 476. The van der Waals surface area contributed by atoms with Crippen LogP contribution < -0.4 is 0 Å². The first-order valence-corrected chi connectivity index (χ1v) is 6.60. The maximum absolute atomic E-state index is 3.90. The van der Waals surface area contributed by atoms with E-state index in [1.807, 2.05) is 6.92 Å². The summed E-state index contributed by atoms with van der Waals surface area (Å²) in [6, 6.07) is 4.56. The molecule has 0 fully saturated rings. The number of allylic oxidation sites excluding steroid dienone is 5. The van der Waals surface area contributed by atoms with E-state index in [2.05, 4.69) is 64.6 Å². The Morgan fingerprint density at radius 2 is 1.72 bits per heavy atom. The van der Waals surface area contributed by atoms with Gasteiger partial charge < -0.3 is 0 Å². The molecule has 0 spiro atoms. The fraction of sp³-hybridized carbons (Fsp3) is 0.333. The zero-order valence-electron chi connectivity index (χ0n) is 12.3. The molecule has 0 unspecified atom stereocenters. The lowest BCUT2D eigenvalue weighted by atomic mass is 9.94. The molecule has 96 valence electrons. The van der Waals surface area contributed by atoms with E-state index in [0.29, 0.717) is 0 Å². The number of benzene rings is 1. The van der Waals surface area contributed by atoms with Gasteiger partial charge in [0.2, 0.25) is 0 Å². The molecule has 0 aromatic heterocycles. The Hall–Kier alpha value is -1.56. The van der Waals surface area contributed by atoms with E-state index in [4.69, 9.17) is 0 Å². The van der Waals surface area contributed by atoms with Crippen LogP contribution >= 0.6 is 0 Å². The van der Waals surface area contributed by atoms with Gasteiger partial charge in [0.15, 0.2) is 0 Å². The van der Waals surface area contributed by atoms with Gasteiger partial charge in [-0.3, -0.25) is 0 Å². The van der Waals surface area contributed by atoms with E-state index in [9.17, 15) is 0 Å². The third kappa shape index (κ3) is 3.46. The molecular formula is C18H24. The highest BCUT2D eigenvalue weighted by molar-refractivity contribution is 5.75. The maximum Gasteiger partial charge on any atom is -0.0182 e.